The SMILES string of the molecule is CN1CCN(Cc2ccc3ccc4cccc5ccc2c3c45)CC1. The van der Waals surface area contributed by atoms with Crippen molar-refractivity contribution < 1.29 is 0 Å². The van der Waals surface area contributed by atoms with Crippen LogP contribution in [0.15, 0.2) is 54.6 Å². The van der Waals surface area contributed by atoms with Gasteiger partial charge in [0.2, 0.25) is 0 Å². The Morgan fingerprint density at radius 2 is 1.33 bits per heavy atom. The zero-order valence-electron chi connectivity index (χ0n) is 14.1. The average molecular weight is 314 g/mol. The van der Waals surface area contributed by atoms with Crippen LogP contribution in [0, 0.1) is 0 Å². The van der Waals surface area contributed by atoms with E-state index < -0.39 is 0 Å². The number of hydrogen-bond acceptors (Lipinski definition) is 2. The Morgan fingerprint density at radius 3 is 2.08 bits per heavy atom. The summed E-state index contributed by atoms with van der Waals surface area (Å²) in [5.74, 6) is 0. The topological polar surface area (TPSA) is 6.48 Å². The third-order valence-corrected chi connectivity index (χ3v) is 5.61. The maximum absolute atomic E-state index is 2.59. The quantitative estimate of drug-likeness (QED) is 0.508. The van der Waals surface area contributed by atoms with E-state index in [4.69, 9.17) is 0 Å². The van der Waals surface area contributed by atoms with Gasteiger partial charge in [0.25, 0.3) is 0 Å². The molecule has 4 aromatic carbocycles. The third-order valence-electron chi connectivity index (χ3n) is 5.61. The highest BCUT2D eigenvalue weighted by molar-refractivity contribution is 6.23. The normalized spacial score (nSPS) is 17.4. The zero-order chi connectivity index (χ0) is 16.1. The lowest BCUT2D eigenvalue weighted by molar-refractivity contribution is 0.148. The van der Waals surface area contributed by atoms with E-state index in [0.717, 1.165) is 6.54 Å². The first-order valence-corrected chi connectivity index (χ1v) is 8.86. The minimum atomic E-state index is 1.06. The summed E-state index contributed by atoms with van der Waals surface area (Å²) in [7, 11) is 2.22. The Hall–Kier alpha value is -2.16. The molecule has 0 N–H and O–H groups in total. The van der Waals surface area contributed by atoms with E-state index in [0.29, 0.717) is 0 Å². The van der Waals surface area contributed by atoms with Gasteiger partial charge in [-0.3, -0.25) is 4.90 Å². The maximum atomic E-state index is 2.59. The summed E-state index contributed by atoms with van der Waals surface area (Å²) in [4.78, 5) is 5.01. The summed E-state index contributed by atoms with van der Waals surface area (Å²) in [6.45, 7) is 5.73. The number of nitrogens with zero attached hydrogens (tertiary/aromatic N) is 2. The monoisotopic (exact) mass is 314 g/mol. The summed E-state index contributed by atoms with van der Waals surface area (Å²) in [6, 6.07) is 20.4. The Bertz CT molecular complexity index is 997. The molecule has 0 atom stereocenters. The van der Waals surface area contributed by atoms with Crippen LogP contribution < -0.4 is 0 Å². The number of likely N-dealkylation sites (N-methyl/N-ethyl adjacent to an activating group) is 1. The molecule has 1 saturated heterocycles. The molecule has 0 unspecified atom stereocenters. The molecule has 0 saturated carbocycles. The van der Waals surface area contributed by atoms with Gasteiger partial charge >= 0.3 is 0 Å². The van der Waals surface area contributed by atoms with Gasteiger partial charge in [-0.2, -0.15) is 0 Å². The van der Waals surface area contributed by atoms with Gasteiger partial charge in [-0.05, 0) is 44.9 Å². The van der Waals surface area contributed by atoms with Crippen LogP contribution >= 0.6 is 0 Å². The predicted molar refractivity (Wildman–Crippen MR) is 103 cm³/mol. The van der Waals surface area contributed by atoms with Crippen molar-refractivity contribution in [2.75, 3.05) is 33.2 Å². The van der Waals surface area contributed by atoms with Crippen LogP contribution in [0.5, 0.6) is 0 Å². The van der Waals surface area contributed by atoms with Crippen molar-refractivity contribution in [3.8, 4) is 0 Å². The highest BCUT2D eigenvalue weighted by Gasteiger charge is 2.16. The van der Waals surface area contributed by atoms with Gasteiger partial charge in [-0.25, -0.2) is 0 Å². The Labute approximate surface area is 142 Å². The molecule has 0 aromatic heterocycles. The highest BCUT2D eigenvalue weighted by atomic mass is 15.2. The Kier molecular flexibility index (Phi) is 3.22. The van der Waals surface area contributed by atoms with E-state index in [9.17, 15) is 0 Å². The van der Waals surface area contributed by atoms with Crippen molar-refractivity contribution in [3.05, 3.63) is 60.2 Å². The molecular formula is C22H22N2. The van der Waals surface area contributed by atoms with Gasteiger partial charge in [0, 0.05) is 32.7 Å². The molecule has 1 aliphatic heterocycles. The Balaban J connectivity index is 1.67. The third kappa shape index (κ3) is 2.18. The van der Waals surface area contributed by atoms with Gasteiger partial charge in [-0.1, -0.05) is 54.6 Å². The zero-order valence-corrected chi connectivity index (χ0v) is 14.1. The standard InChI is InChI=1S/C22H22N2/c1-23-11-13-24(14-12-23)15-19-8-7-18-6-5-16-3-2-4-17-9-10-20(19)22(18)21(16)17/h2-10H,11-15H2,1H3. The molecule has 24 heavy (non-hydrogen) atoms. The lowest BCUT2D eigenvalue weighted by Crippen LogP contribution is -2.43. The molecule has 2 heteroatoms. The second-order valence-electron chi connectivity index (χ2n) is 7.16. The molecule has 0 aliphatic carbocycles. The smallest absolute Gasteiger partial charge is 0.0240 e. The molecule has 5 rings (SSSR count). The van der Waals surface area contributed by atoms with E-state index in [1.54, 1.807) is 0 Å². The fourth-order valence-electron chi connectivity index (χ4n) is 4.18. The first-order chi connectivity index (χ1) is 11.8. The lowest BCUT2D eigenvalue weighted by atomic mass is 9.92. The van der Waals surface area contributed by atoms with E-state index in [1.165, 1.54) is 64.1 Å². The fraction of sp³-hybridized carbons (Fsp3) is 0.273. The molecular weight excluding hydrogens is 292 g/mol. The van der Waals surface area contributed by atoms with E-state index >= 15 is 0 Å². The van der Waals surface area contributed by atoms with Crippen molar-refractivity contribution in [3.63, 3.8) is 0 Å². The van der Waals surface area contributed by atoms with Crippen LogP contribution in [0.2, 0.25) is 0 Å². The highest BCUT2D eigenvalue weighted by Crippen LogP contribution is 2.36. The minimum absolute atomic E-state index is 1.06. The molecule has 1 heterocycles. The summed E-state index contributed by atoms with van der Waals surface area (Å²) in [6.07, 6.45) is 0. The molecule has 0 bridgehead atoms. The molecule has 0 radical (unpaired) electrons. The molecule has 1 aliphatic rings. The second kappa shape index (κ2) is 5.44. The van der Waals surface area contributed by atoms with Crippen molar-refractivity contribution in [1.82, 2.24) is 9.80 Å². The number of hydrogen-bond donors (Lipinski definition) is 0. The van der Waals surface area contributed by atoms with Crippen molar-refractivity contribution >= 4 is 32.3 Å². The predicted octanol–water partition coefficient (Wildman–Crippen LogP) is 4.33. The molecule has 120 valence electrons. The van der Waals surface area contributed by atoms with E-state index in [2.05, 4.69) is 71.4 Å². The molecule has 2 nitrogen and oxygen atoms in total. The minimum Gasteiger partial charge on any atom is -0.304 e. The first kappa shape index (κ1) is 14.2. The fourth-order valence-corrected chi connectivity index (χ4v) is 4.18. The van der Waals surface area contributed by atoms with Gasteiger partial charge in [0.1, 0.15) is 0 Å². The van der Waals surface area contributed by atoms with Gasteiger partial charge < -0.3 is 4.90 Å². The number of piperazine rings is 1. The second-order valence-corrected chi connectivity index (χ2v) is 7.16. The van der Waals surface area contributed by atoms with Crippen molar-refractivity contribution in [2.24, 2.45) is 0 Å². The largest absolute Gasteiger partial charge is 0.304 e. The molecule has 0 spiro atoms. The van der Waals surface area contributed by atoms with Crippen LogP contribution in [-0.2, 0) is 6.54 Å². The van der Waals surface area contributed by atoms with E-state index in [-0.39, 0.29) is 0 Å². The molecule has 0 amide bonds. The average Bonchev–Trinajstić information content (AvgIpc) is 2.63. The summed E-state index contributed by atoms with van der Waals surface area (Å²) in [5, 5.41) is 8.35. The van der Waals surface area contributed by atoms with Crippen LogP contribution in [0.3, 0.4) is 0 Å². The van der Waals surface area contributed by atoms with Crippen molar-refractivity contribution in [2.45, 2.75) is 6.54 Å². The van der Waals surface area contributed by atoms with Crippen LogP contribution in [0.4, 0.5) is 0 Å². The molecule has 4 aromatic rings. The van der Waals surface area contributed by atoms with E-state index in [1.807, 2.05) is 0 Å². The maximum Gasteiger partial charge on any atom is 0.0240 e. The summed E-state index contributed by atoms with van der Waals surface area (Å²) in [5.41, 5.74) is 1.46. The molecule has 1 fully saturated rings. The first-order valence-electron chi connectivity index (χ1n) is 8.86. The summed E-state index contributed by atoms with van der Waals surface area (Å²) >= 11 is 0. The van der Waals surface area contributed by atoms with Crippen LogP contribution in [0.25, 0.3) is 32.3 Å². The van der Waals surface area contributed by atoms with Gasteiger partial charge in [0.15, 0.2) is 0 Å². The number of benzene rings is 4. The summed E-state index contributed by atoms with van der Waals surface area (Å²) < 4.78 is 0. The number of rotatable bonds is 2. The lowest BCUT2D eigenvalue weighted by Gasteiger charge is -2.32. The van der Waals surface area contributed by atoms with Gasteiger partial charge in [0.05, 0.1) is 0 Å². The van der Waals surface area contributed by atoms with Gasteiger partial charge in [-0.15, -0.1) is 0 Å². The van der Waals surface area contributed by atoms with Crippen molar-refractivity contribution in [1.29, 1.82) is 0 Å². The van der Waals surface area contributed by atoms with Crippen LogP contribution in [0.1, 0.15) is 5.56 Å². The Morgan fingerprint density at radius 1 is 0.708 bits per heavy atom. The van der Waals surface area contributed by atoms with Crippen LogP contribution in [-0.4, -0.2) is 43.0 Å².